The molecule has 1 aliphatic rings. The maximum atomic E-state index is 4.31. The van der Waals surface area contributed by atoms with Gasteiger partial charge in [0.1, 0.15) is 12.2 Å². The Labute approximate surface area is 154 Å². The average molecular weight is 438 g/mol. The van der Waals surface area contributed by atoms with Gasteiger partial charge in [0.25, 0.3) is 0 Å². The van der Waals surface area contributed by atoms with Gasteiger partial charge in [-0.25, -0.2) is 4.98 Å². The number of hydrogen-bond donors (Lipinski definition) is 2. The maximum absolute atomic E-state index is 4.31. The number of hydrogen-bond acceptors (Lipinski definition) is 4. The molecule has 0 radical (unpaired) electrons. The van der Waals surface area contributed by atoms with Crippen LogP contribution in [0.4, 0.5) is 0 Å². The first-order valence-corrected chi connectivity index (χ1v) is 8.69. The summed E-state index contributed by atoms with van der Waals surface area (Å²) < 4.78 is 1.77. The fourth-order valence-corrected chi connectivity index (χ4v) is 3.87. The van der Waals surface area contributed by atoms with Crippen LogP contribution in [-0.2, 0) is 13.6 Å². The number of thioether (sulfide) groups is 1. The van der Waals surface area contributed by atoms with Crippen LogP contribution in [0.5, 0.6) is 0 Å². The van der Waals surface area contributed by atoms with Crippen molar-refractivity contribution >= 4 is 41.7 Å². The van der Waals surface area contributed by atoms with Gasteiger partial charge in [-0.3, -0.25) is 9.67 Å². The first-order chi connectivity index (χ1) is 10.2. The molecule has 2 rings (SSSR count). The highest BCUT2D eigenvalue weighted by Gasteiger charge is 2.22. The lowest BCUT2D eigenvalue weighted by molar-refractivity contribution is 0.418. The molecule has 8 heteroatoms. The lowest BCUT2D eigenvalue weighted by atomic mass is 9.95. The minimum Gasteiger partial charge on any atom is -0.354 e. The molecule has 2 atom stereocenters. The summed E-state index contributed by atoms with van der Waals surface area (Å²) in [5.41, 5.74) is 0. The first-order valence-electron chi connectivity index (χ1n) is 7.64. The molecule has 1 aliphatic carbocycles. The third-order valence-corrected chi connectivity index (χ3v) is 5.04. The molecule has 1 heterocycles. The Morgan fingerprint density at radius 3 is 2.95 bits per heavy atom. The van der Waals surface area contributed by atoms with Crippen molar-refractivity contribution in [1.29, 1.82) is 0 Å². The van der Waals surface area contributed by atoms with Gasteiger partial charge in [-0.05, 0) is 25.0 Å². The molecule has 126 valence electrons. The van der Waals surface area contributed by atoms with E-state index in [-0.39, 0.29) is 24.0 Å². The summed E-state index contributed by atoms with van der Waals surface area (Å²) in [6, 6.07) is 0.522. The molecule has 1 fully saturated rings. The zero-order valence-corrected chi connectivity index (χ0v) is 16.7. The molecule has 0 aromatic carbocycles. The number of aromatic nitrogens is 3. The van der Waals surface area contributed by atoms with Crippen molar-refractivity contribution in [2.75, 3.05) is 12.8 Å². The predicted octanol–water partition coefficient (Wildman–Crippen LogP) is 2.16. The second-order valence-electron chi connectivity index (χ2n) is 5.31. The number of rotatable bonds is 5. The lowest BCUT2D eigenvalue weighted by Crippen LogP contribution is -2.45. The second kappa shape index (κ2) is 10.3. The molecule has 1 aromatic heterocycles. The van der Waals surface area contributed by atoms with Crippen molar-refractivity contribution in [2.45, 2.75) is 50.4 Å². The Balaban J connectivity index is 0.00000242. The monoisotopic (exact) mass is 438 g/mol. The van der Waals surface area contributed by atoms with Crippen molar-refractivity contribution in [1.82, 2.24) is 25.4 Å². The van der Waals surface area contributed by atoms with Gasteiger partial charge < -0.3 is 10.6 Å². The van der Waals surface area contributed by atoms with Crippen molar-refractivity contribution < 1.29 is 0 Å². The van der Waals surface area contributed by atoms with Crippen molar-refractivity contribution in [3.8, 4) is 0 Å². The van der Waals surface area contributed by atoms with Crippen LogP contribution >= 0.6 is 35.7 Å². The smallest absolute Gasteiger partial charge is 0.191 e. The number of nitrogens with one attached hydrogen (secondary N) is 2. The van der Waals surface area contributed by atoms with Crippen LogP contribution < -0.4 is 10.6 Å². The SMILES string of the molecule is CCSC1CCCC(NC(=NC)NCc2ncnn2C)C1.I. The average Bonchev–Trinajstić information content (AvgIpc) is 2.89. The third-order valence-electron chi connectivity index (χ3n) is 3.81. The molecular weight excluding hydrogens is 411 g/mol. The molecule has 0 saturated heterocycles. The Morgan fingerprint density at radius 2 is 2.32 bits per heavy atom. The van der Waals surface area contributed by atoms with E-state index in [9.17, 15) is 0 Å². The van der Waals surface area contributed by atoms with Crippen molar-refractivity contribution in [3.63, 3.8) is 0 Å². The number of nitrogens with zero attached hydrogens (tertiary/aromatic N) is 4. The minimum atomic E-state index is 0. The van der Waals surface area contributed by atoms with Gasteiger partial charge in [-0.15, -0.1) is 24.0 Å². The Bertz CT molecular complexity index is 462. The van der Waals surface area contributed by atoms with E-state index in [0.29, 0.717) is 12.6 Å². The third kappa shape index (κ3) is 5.94. The molecule has 22 heavy (non-hydrogen) atoms. The largest absolute Gasteiger partial charge is 0.354 e. The highest BCUT2D eigenvalue weighted by Crippen LogP contribution is 2.28. The van der Waals surface area contributed by atoms with E-state index in [1.807, 2.05) is 14.1 Å². The summed E-state index contributed by atoms with van der Waals surface area (Å²) in [4.78, 5) is 8.52. The van der Waals surface area contributed by atoms with Gasteiger partial charge in [0.15, 0.2) is 5.96 Å². The predicted molar refractivity (Wildman–Crippen MR) is 104 cm³/mol. The summed E-state index contributed by atoms with van der Waals surface area (Å²) in [5, 5.41) is 11.7. The molecule has 1 aromatic rings. The van der Waals surface area contributed by atoms with Crippen LogP contribution in [0.25, 0.3) is 0 Å². The van der Waals surface area contributed by atoms with E-state index in [1.165, 1.54) is 31.4 Å². The van der Waals surface area contributed by atoms with Crippen LogP contribution in [0.2, 0.25) is 0 Å². The van der Waals surface area contributed by atoms with Crippen LogP contribution in [0, 0.1) is 0 Å². The normalized spacial score (nSPS) is 22.0. The first kappa shape index (κ1) is 19.5. The topological polar surface area (TPSA) is 67.1 Å². The zero-order valence-electron chi connectivity index (χ0n) is 13.6. The Morgan fingerprint density at radius 1 is 1.50 bits per heavy atom. The van der Waals surface area contributed by atoms with Gasteiger partial charge in [0.2, 0.25) is 0 Å². The van der Waals surface area contributed by atoms with E-state index in [0.717, 1.165) is 17.0 Å². The van der Waals surface area contributed by atoms with E-state index in [2.05, 4.69) is 44.4 Å². The molecule has 1 saturated carbocycles. The number of guanidine groups is 1. The van der Waals surface area contributed by atoms with Crippen molar-refractivity contribution in [2.24, 2.45) is 12.0 Å². The molecule has 0 amide bonds. The molecule has 2 N–H and O–H groups in total. The minimum absolute atomic E-state index is 0. The van der Waals surface area contributed by atoms with Crippen LogP contribution in [-0.4, -0.2) is 44.8 Å². The lowest BCUT2D eigenvalue weighted by Gasteiger charge is -2.30. The number of aliphatic imine (C=N–C) groups is 1. The van der Waals surface area contributed by atoms with Gasteiger partial charge in [0, 0.05) is 25.4 Å². The fourth-order valence-electron chi connectivity index (χ4n) is 2.69. The van der Waals surface area contributed by atoms with Gasteiger partial charge in [-0.1, -0.05) is 13.3 Å². The quantitative estimate of drug-likeness (QED) is 0.419. The molecule has 2 unspecified atom stereocenters. The van der Waals surface area contributed by atoms with Crippen molar-refractivity contribution in [3.05, 3.63) is 12.2 Å². The van der Waals surface area contributed by atoms with Gasteiger partial charge >= 0.3 is 0 Å². The van der Waals surface area contributed by atoms with Crippen LogP contribution in [0.15, 0.2) is 11.3 Å². The van der Waals surface area contributed by atoms with E-state index in [1.54, 1.807) is 11.0 Å². The highest BCUT2D eigenvalue weighted by atomic mass is 127. The van der Waals surface area contributed by atoms with E-state index >= 15 is 0 Å². The van der Waals surface area contributed by atoms with Crippen LogP contribution in [0.1, 0.15) is 38.4 Å². The Hall–Kier alpha value is -0.510. The Kier molecular flexibility index (Phi) is 9.15. The second-order valence-corrected chi connectivity index (χ2v) is 6.89. The van der Waals surface area contributed by atoms with Gasteiger partial charge in [-0.2, -0.15) is 16.9 Å². The number of halogens is 1. The summed E-state index contributed by atoms with van der Waals surface area (Å²) >= 11 is 2.08. The van der Waals surface area contributed by atoms with E-state index < -0.39 is 0 Å². The highest BCUT2D eigenvalue weighted by molar-refractivity contribution is 14.0. The van der Waals surface area contributed by atoms with Crippen LogP contribution in [0.3, 0.4) is 0 Å². The molecular formula is C14H27IN6S. The molecule has 0 aliphatic heterocycles. The fraction of sp³-hybridized carbons (Fsp3) is 0.786. The molecule has 0 spiro atoms. The summed E-state index contributed by atoms with van der Waals surface area (Å²) in [6.45, 7) is 2.87. The van der Waals surface area contributed by atoms with E-state index in [4.69, 9.17) is 0 Å². The molecule has 0 bridgehead atoms. The summed E-state index contributed by atoms with van der Waals surface area (Å²) in [7, 11) is 3.71. The van der Waals surface area contributed by atoms with Gasteiger partial charge in [0.05, 0.1) is 6.54 Å². The number of aryl methyl sites for hydroxylation is 1. The summed E-state index contributed by atoms with van der Waals surface area (Å²) in [5.74, 6) is 2.96. The standard InChI is InChI=1S/C14H26N6S.HI/c1-4-21-12-7-5-6-11(8-12)19-14(15-2)16-9-13-17-10-18-20(13)3;/h10-12H,4-9H2,1-3H3,(H2,15,16,19);1H. The maximum Gasteiger partial charge on any atom is 0.191 e. The zero-order chi connectivity index (χ0) is 15.1. The molecule has 6 nitrogen and oxygen atoms in total. The summed E-state index contributed by atoms with van der Waals surface area (Å²) in [6.07, 6.45) is 6.67.